The molecule has 0 bridgehead atoms. The highest BCUT2D eigenvalue weighted by atomic mass is 16.2. The lowest BCUT2D eigenvalue weighted by Crippen LogP contribution is -2.31. The predicted octanol–water partition coefficient (Wildman–Crippen LogP) is 2.75. The maximum atomic E-state index is 12.0. The number of carbonyl (C=O) groups excluding carboxylic acids is 1. The Kier molecular flexibility index (Phi) is 4.07. The molecule has 92 valence electrons. The first-order chi connectivity index (χ1) is 8.46. The van der Waals surface area contributed by atoms with Crippen molar-refractivity contribution < 1.29 is 4.79 Å². The van der Waals surface area contributed by atoms with Gasteiger partial charge in [-0.15, -0.1) is 0 Å². The molecule has 1 aromatic carbocycles. The van der Waals surface area contributed by atoms with Gasteiger partial charge in [0.05, 0.1) is 17.7 Å². The molecule has 0 spiro atoms. The van der Waals surface area contributed by atoms with Crippen LogP contribution in [-0.2, 0) is 4.79 Å². The van der Waals surface area contributed by atoms with E-state index in [1.807, 2.05) is 19.1 Å². The zero-order valence-electron chi connectivity index (χ0n) is 10.7. The second-order valence-electron chi connectivity index (χ2n) is 4.39. The van der Waals surface area contributed by atoms with Crippen molar-refractivity contribution in [3.05, 3.63) is 29.3 Å². The molecular weight excluding hydrogens is 226 g/mol. The molecule has 4 heteroatoms. The molecule has 0 saturated carbocycles. The van der Waals surface area contributed by atoms with E-state index in [0.29, 0.717) is 17.7 Å². The first-order valence-electron chi connectivity index (χ1n) is 5.70. The Bertz CT molecular complexity index is 551. The largest absolute Gasteiger partial charge is 0.324 e. The number of anilines is 1. The van der Waals surface area contributed by atoms with E-state index in [1.165, 1.54) is 0 Å². The minimum Gasteiger partial charge on any atom is -0.324 e. The van der Waals surface area contributed by atoms with E-state index < -0.39 is 5.41 Å². The first-order valence-corrected chi connectivity index (χ1v) is 5.70. The third-order valence-corrected chi connectivity index (χ3v) is 3.07. The highest BCUT2D eigenvalue weighted by molar-refractivity contribution is 5.97. The topological polar surface area (TPSA) is 76.7 Å². The summed E-state index contributed by atoms with van der Waals surface area (Å²) in [7, 11) is 0. The molecule has 0 aliphatic rings. The third-order valence-electron chi connectivity index (χ3n) is 3.07. The van der Waals surface area contributed by atoms with Crippen molar-refractivity contribution in [1.29, 1.82) is 10.5 Å². The Morgan fingerprint density at radius 2 is 2.11 bits per heavy atom. The van der Waals surface area contributed by atoms with E-state index in [-0.39, 0.29) is 5.91 Å². The summed E-state index contributed by atoms with van der Waals surface area (Å²) in [6.07, 6.45) is 0.437. The second kappa shape index (κ2) is 5.33. The van der Waals surface area contributed by atoms with E-state index >= 15 is 0 Å². The summed E-state index contributed by atoms with van der Waals surface area (Å²) >= 11 is 0. The lowest BCUT2D eigenvalue weighted by molar-refractivity contribution is -0.122. The Morgan fingerprint density at radius 3 is 2.61 bits per heavy atom. The van der Waals surface area contributed by atoms with Gasteiger partial charge in [0.1, 0.15) is 5.41 Å². The molecule has 18 heavy (non-hydrogen) atoms. The molecule has 1 N–H and O–H groups in total. The van der Waals surface area contributed by atoms with Gasteiger partial charge in [0.25, 0.3) is 0 Å². The summed E-state index contributed by atoms with van der Waals surface area (Å²) in [5.41, 5.74) is 0.869. The normalized spacial score (nSPS) is 12.9. The van der Waals surface area contributed by atoms with Gasteiger partial charge in [0, 0.05) is 5.69 Å². The van der Waals surface area contributed by atoms with Gasteiger partial charge < -0.3 is 5.32 Å². The van der Waals surface area contributed by atoms with Crippen LogP contribution >= 0.6 is 0 Å². The summed E-state index contributed by atoms with van der Waals surface area (Å²) in [6.45, 7) is 5.24. The number of benzene rings is 1. The molecule has 0 radical (unpaired) electrons. The highest BCUT2D eigenvalue weighted by Gasteiger charge is 2.31. The van der Waals surface area contributed by atoms with Crippen molar-refractivity contribution in [2.45, 2.75) is 27.2 Å². The summed E-state index contributed by atoms with van der Waals surface area (Å²) < 4.78 is 0. The van der Waals surface area contributed by atoms with Crippen LogP contribution in [0.4, 0.5) is 5.69 Å². The SMILES string of the molecule is CCC(C)(C#N)C(=O)Nc1cc(C#N)ccc1C. The maximum Gasteiger partial charge on any atom is 0.244 e. The third kappa shape index (κ3) is 2.67. The van der Waals surface area contributed by atoms with E-state index in [9.17, 15) is 4.79 Å². The number of aryl methyl sites for hydroxylation is 1. The Labute approximate surface area is 107 Å². The van der Waals surface area contributed by atoms with Crippen LogP contribution in [0.25, 0.3) is 0 Å². The van der Waals surface area contributed by atoms with Gasteiger partial charge in [-0.1, -0.05) is 13.0 Å². The summed E-state index contributed by atoms with van der Waals surface area (Å²) in [5.74, 6) is -0.342. The average Bonchev–Trinajstić information content (AvgIpc) is 2.40. The van der Waals surface area contributed by atoms with Crippen LogP contribution in [-0.4, -0.2) is 5.91 Å². The number of nitriles is 2. The van der Waals surface area contributed by atoms with Crippen LogP contribution in [0.15, 0.2) is 18.2 Å². The van der Waals surface area contributed by atoms with Crippen molar-refractivity contribution in [3.8, 4) is 12.1 Å². The molecule has 1 unspecified atom stereocenters. The van der Waals surface area contributed by atoms with Gasteiger partial charge >= 0.3 is 0 Å². The van der Waals surface area contributed by atoms with E-state index in [4.69, 9.17) is 10.5 Å². The first kappa shape index (κ1) is 13.7. The Hall–Kier alpha value is -2.33. The average molecular weight is 241 g/mol. The minimum absolute atomic E-state index is 0.342. The smallest absolute Gasteiger partial charge is 0.244 e. The van der Waals surface area contributed by atoms with Crippen molar-refractivity contribution >= 4 is 11.6 Å². The molecule has 0 aromatic heterocycles. The standard InChI is InChI=1S/C14H15N3O/c1-4-14(3,9-16)13(18)17-12-7-11(8-15)6-5-10(12)2/h5-7H,4H2,1-3H3,(H,17,18). The molecule has 4 nitrogen and oxygen atoms in total. The molecule has 1 amide bonds. The minimum atomic E-state index is -1.05. The van der Waals surface area contributed by atoms with Crippen molar-refractivity contribution in [1.82, 2.24) is 0 Å². The Balaban J connectivity index is 3.03. The molecule has 0 aliphatic carbocycles. The molecular formula is C14H15N3O. The highest BCUT2D eigenvalue weighted by Crippen LogP contribution is 2.24. The maximum absolute atomic E-state index is 12.0. The van der Waals surface area contributed by atoms with E-state index in [2.05, 4.69) is 5.32 Å². The molecule has 0 aliphatic heterocycles. The summed E-state index contributed by atoms with van der Waals surface area (Å²) in [5, 5.41) is 20.6. The molecule has 1 atom stereocenters. The van der Waals surface area contributed by atoms with Crippen molar-refractivity contribution in [2.75, 3.05) is 5.32 Å². The number of nitrogens with zero attached hydrogens (tertiary/aromatic N) is 2. The lowest BCUT2D eigenvalue weighted by Gasteiger charge is -2.19. The zero-order chi connectivity index (χ0) is 13.8. The molecule has 0 heterocycles. The fourth-order valence-electron chi connectivity index (χ4n) is 1.38. The molecule has 0 fully saturated rings. The fourth-order valence-corrected chi connectivity index (χ4v) is 1.38. The van der Waals surface area contributed by atoms with Gasteiger partial charge in [-0.05, 0) is 38.0 Å². The van der Waals surface area contributed by atoms with Gasteiger partial charge in [0.15, 0.2) is 0 Å². The van der Waals surface area contributed by atoms with Crippen LogP contribution in [0.5, 0.6) is 0 Å². The van der Waals surface area contributed by atoms with Crippen LogP contribution in [0.2, 0.25) is 0 Å². The number of amides is 1. The van der Waals surface area contributed by atoms with E-state index in [1.54, 1.807) is 32.0 Å². The molecule has 0 saturated heterocycles. The van der Waals surface area contributed by atoms with Crippen LogP contribution < -0.4 is 5.32 Å². The van der Waals surface area contributed by atoms with Gasteiger partial charge in [0.2, 0.25) is 5.91 Å². The van der Waals surface area contributed by atoms with Crippen molar-refractivity contribution in [2.24, 2.45) is 5.41 Å². The lowest BCUT2D eigenvalue weighted by atomic mass is 9.88. The monoisotopic (exact) mass is 241 g/mol. The predicted molar refractivity (Wildman–Crippen MR) is 68.5 cm³/mol. The van der Waals surface area contributed by atoms with Gasteiger partial charge in [-0.2, -0.15) is 10.5 Å². The number of rotatable bonds is 3. The van der Waals surface area contributed by atoms with Gasteiger partial charge in [-0.3, -0.25) is 4.79 Å². The number of carbonyl (C=O) groups is 1. The Morgan fingerprint density at radius 1 is 1.44 bits per heavy atom. The van der Waals surface area contributed by atoms with Crippen molar-refractivity contribution in [3.63, 3.8) is 0 Å². The second-order valence-corrected chi connectivity index (χ2v) is 4.39. The molecule has 1 rings (SSSR count). The number of nitrogens with one attached hydrogen (secondary N) is 1. The van der Waals surface area contributed by atoms with Crippen LogP contribution in [0.3, 0.4) is 0 Å². The number of hydrogen-bond acceptors (Lipinski definition) is 3. The quantitative estimate of drug-likeness (QED) is 0.883. The van der Waals surface area contributed by atoms with Crippen LogP contribution in [0, 0.1) is 35.0 Å². The summed E-state index contributed by atoms with van der Waals surface area (Å²) in [4.78, 5) is 12.0. The fraction of sp³-hybridized carbons (Fsp3) is 0.357. The van der Waals surface area contributed by atoms with Crippen LogP contribution in [0.1, 0.15) is 31.4 Å². The zero-order valence-corrected chi connectivity index (χ0v) is 10.7. The summed E-state index contributed by atoms with van der Waals surface area (Å²) in [6, 6.07) is 9.11. The van der Waals surface area contributed by atoms with Gasteiger partial charge in [-0.25, -0.2) is 0 Å². The number of hydrogen-bond donors (Lipinski definition) is 1. The molecule has 1 aromatic rings. The van der Waals surface area contributed by atoms with E-state index in [0.717, 1.165) is 5.56 Å².